The van der Waals surface area contributed by atoms with Gasteiger partial charge in [-0.25, -0.2) is 13.9 Å². The number of anilines is 1. The molecular formula is C37H39FN8O3S2. The van der Waals surface area contributed by atoms with Gasteiger partial charge in [-0.3, -0.25) is 9.72 Å². The van der Waals surface area contributed by atoms with Gasteiger partial charge >= 0.3 is 6.03 Å². The van der Waals surface area contributed by atoms with E-state index in [9.17, 15) is 14.3 Å². The first kappa shape index (κ1) is 35.8. The summed E-state index contributed by atoms with van der Waals surface area (Å²) in [5, 5.41) is 29.7. The molecule has 0 aliphatic heterocycles. The Kier molecular flexibility index (Phi) is 10.8. The Labute approximate surface area is 304 Å². The molecule has 0 radical (unpaired) electrons. The maximum atomic E-state index is 14.0. The summed E-state index contributed by atoms with van der Waals surface area (Å²) < 4.78 is 23.1. The van der Waals surface area contributed by atoms with Crippen LogP contribution in [0.15, 0.2) is 101 Å². The predicted octanol–water partition coefficient (Wildman–Crippen LogP) is 7.44. The van der Waals surface area contributed by atoms with Crippen molar-refractivity contribution in [2.24, 2.45) is 0 Å². The van der Waals surface area contributed by atoms with E-state index in [-0.39, 0.29) is 28.6 Å². The zero-order chi connectivity index (χ0) is 36.1. The van der Waals surface area contributed by atoms with Gasteiger partial charge < -0.3 is 20.1 Å². The highest BCUT2D eigenvalue weighted by atomic mass is 32.2. The van der Waals surface area contributed by atoms with Crippen molar-refractivity contribution in [2.45, 2.75) is 34.9 Å². The van der Waals surface area contributed by atoms with Crippen molar-refractivity contribution in [3.63, 3.8) is 0 Å². The van der Waals surface area contributed by atoms with Crippen LogP contribution >= 0.6 is 23.5 Å². The molecule has 3 heterocycles. The van der Waals surface area contributed by atoms with Gasteiger partial charge in [-0.2, -0.15) is 16.9 Å². The van der Waals surface area contributed by atoms with Crippen LogP contribution in [0.4, 0.5) is 15.0 Å². The zero-order valence-corrected chi connectivity index (χ0v) is 30.6. The van der Waals surface area contributed by atoms with Gasteiger partial charge in [0.25, 0.3) is 0 Å². The number of thioether (sulfide) groups is 1. The van der Waals surface area contributed by atoms with E-state index in [0.717, 1.165) is 33.3 Å². The first-order valence-electron chi connectivity index (χ1n) is 16.2. The molecule has 51 heavy (non-hydrogen) atoms. The third-order valence-corrected chi connectivity index (χ3v) is 10.5. The van der Waals surface area contributed by atoms with Crippen molar-refractivity contribution < 1.29 is 19.0 Å². The van der Waals surface area contributed by atoms with E-state index in [0.29, 0.717) is 29.6 Å². The maximum absolute atomic E-state index is 14.0. The zero-order valence-electron chi connectivity index (χ0n) is 28.9. The molecule has 3 aromatic carbocycles. The number of pyridine rings is 1. The summed E-state index contributed by atoms with van der Waals surface area (Å²) in [6, 6.07) is 24.4. The molecule has 6 aromatic rings. The number of fused-ring (bicyclic) bond motifs is 1. The van der Waals surface area contributed by atoms with Crippen molar-refractivity contribution in [3.05, 3.63) is 108 Å². The van der Waals surface area contributed by atoms with Gasteiger partial charge in [0, 0.05) is 41.2 Å². The van der Waals surface area contributed by atoms with E-state index < -0.39 is 5.82 Å². The van der Waals surface area contributed by atoms with Crippen LogP contribution in [0.1, 0.15) is 25.1 Å². The van der Waals surface area contributed by atoms with Crippen LogP contribution in [0.25, 0.3) is 22.7 Å². The Morgan fingerprint density at radius 1 is 1.02 bits per heavy atom. The highest BCUT2D eigenvalue weighted by Gasteiger charge is 2.25. The molecule has 0 aliphatic carbocycles. The van der Waals surface area contributed by atoms with Crippen LogP contribution in [0.3, 0.4) is 0 Å². The Morgan fingerprint density at radius 3 is 2.65 bits per heavy atom. The first-order valence-corrected chi connectivity index (χ1v) is 18.2. The fourth-order valence-electron chi connectivity index (χ4n) is 5.13. The molecule has 0 saturated heterocycles. The van der Waals surface area contributed by atoms with Crippen LogP contribution in [0, 0.1) is 5.82 Å². The largest absolute Gasteiger partial charge is 0.507 e. The van der Waals surface area contributed by atoms with Gasteiger partial charge in [-0.15, -0.1) is 10.2 Å². The normalized spacial score (nSPS) is 11.7. The van der Waals surface area contributed by atoms with E-state index in [4.69, 9.17) is 9.84 Å². The number of benzene rings is 3. The lowest BCUT2D eigenvalue weighted by molar-refractivity contribution is 0.251. The number of phenolic OH excluding ortho intramolecular Hbond substituents is 1. The van der Waals surface area contributed by atoms with Crippen LogP contribution in [0.5, 0.6) is 11.5 Å². The minimum Gasteiger partial charge on any atom is -0.507 e. The second kappa shape index (κ2) is 15.5. The minimum absolute atomic E-state index is 0.0937. The Hall–Kier alpha value is -5.05. The number of aromatic nitrogens is 5. The lowest BCUT2D eigenvalue weighted by Gasteiger charge is -2.18. The molecule has 0 unspecified atom stereocenters. The number of hydrogen-bond donors (Lipinski definition) is 3. The number of hydrogen-bond acceptors (Lipinski definition) is 9. The lowest BCUT2D eigenvalue weighted by atomic mass is 10.1. The Bertz CT molecular complexity index is 2170. The number of carbonyl (C=O) groups excluding carboxylic acids is 1. The summed E-state index contributed by atoms with van der Waals surface area (Å²) in [6.45, 7) is 5.78. The van der Waals surface area contributed by atoms with Crippen molar-refractivity contribution in [2.75, 3.05) is 38.8 Å². The molecule has 3 aromatic heterocycles. The van der Waals surface area contributed by atoms with E-state index in [2.05, 4.69) is 39.6 Å². The number of aromatic hydroxyl groups is 1. The summed E-state index contributed by atoms with van der Waals surface area (Å²) in [5.74, 6) is 0.984. The van der Waals surface area contributed by atoms with E-state index in [1.165, 1.54) is 30.0 Å². The number of amides is 2. The molecule has 3 N–H and O–H groups in total. The quantitative estimate of drug-likeness (QED) is 0.112. The van der Waals surface area contributed by atoms with Crippen LogP contribution < -0.4 is 15.4 Å². The van der Waals surface area contributed by atoms with Gasteiger partial charge in [-0.05, 0) is 88.3 Å². The molecule has 0 fully saturated rings. The van der Waals surface area contributed by atoms with E-state index in [1.807, 2.05) is 93.3 Å². The Morgan fingerprint density at radius 2 is 1.84 bits per heavy atom. The molecular weight excluding hydrogens is 688 g/mol. The van der Waals surface area contributed by atoms with Gasteiger partial charge in [0.15, 0.2) is 11.5 Å². The number of ether oxygens (including phenoxy) is 1. The highest BCUT2D eigenvalue weighted by Crippen LogP contribution is 2.36. The molecule has 0 bridgehead atoms. The summed E-state index contributed by atoms with van der Waals surface area (Å²) in [7, 11) is 4.00. The van der Waals surface area contributed by atoms with Crippen molar-refractivity contribution in [3.8, 4) is 28.6 Å². The molecule has 264 valence electrons. The molecule has 14 heteroatoms. The second-order valence-electron chi connectivity index (χ2n) is 12.5. The topological polar surface area (TPSA) is 122 Å². The summed E-state index contributed by atoms with van der Waals surface area (Å²) >= 11 is 3.17. The van der Waals surface area contributed by atoms with Crippen molar-refractivity contribution in [1.29, 1.82) is 0 Å². The number of urea groups is 1. The smallest absolute Gasteiger partial charge is 0.320 e. The summed E-state index contributed by atoms with van der Waals surface area (Å²) in [4.78, 5) is 17.3. The van der Waals surface area contributed by atoms with E-state index >= 15 is 0 Å². The molecule has 0 aliphatic rings. The monoisotopic (exact) mass is 726 g/mol. The van der Waals surface area contributed by atoms with Gasteiger partial charge in [0.05, 0.1) is 21.7 Å². The molecule has 0 spiro atoms. The third-order valence-electron chi connectivity index (χ3n) is 8.16. The number of rotatable bonds is 13. The Balaban J connectivity index is 1.19. The lowest BCUT2D eigenvalue weighted by Crippen LogP contribution is -2.29. The van der Waals surface area contributed by atoms with Crippen LogP contribution in [-0.4, -0.2) is 73.9 Å². The molecule has 6 rings (SSSR count). The number of carbonyl (C=O) groups is 1. The molecule has 11 nitrogen and oxygen atoms in total. The maximum Gasteiger partial charge on any atom is 0.320 e. The fourth-order valence-corrected chi connectivity index (χ4v) is 6.41. The fraction of sp³-hybridized carbons (Fsp3) is 0.243. The number of likely N-dealkylation sites (N-methyl/N-ethyl adjacent to an activating group) is 1. The number of nitrogens with one attached hydrogen (secondary N) is 2. The third kappa shape index (κ3) is 8.47. The summed E-state index contributed by atoms with van der Waals surface area (Å²) in [5.41, 5.74) is 3.29. The average Bonchev–Trinajstić information content (AvgIpc) is 3.74. The minimum atomic E-state index is -0.487. The molecule has 0 saturated carbocycles. The SMILES string of the molecule is CSC(C)(C)c1cc(NC(=O)NCc2ccccc2Sc2ccc3nnc(-c4cc(F)ccc4O)n3c2)n(-c2cccc(OCCN(C)C)c2)n1. The predicted molar refractivity (Wildman–Crippen MR) is 201 cm³/mol. The second-order valence-corrected chi connectivity index (χ2v) is 15.0. The van der Waals surface area contributed by atoms with Crippen LogP contribution in [-0.2, 0) is 11.3 Å². The number of phenols is 1. The molecule has 0 atom stereocenters. The number of halogens is 1. The standard InChI is InChI=1S/C37H39FN8O3S2/c1-37(2,50-5)32-21-34(46(43-32)26-10-8-11-27(20-26)49-18-17-44(3)4)40-36(48)39-22-24-9-6-7-12-31(24)51-28-14-16-33-41-42-35(45(33)23-28)29-19-25(38)13-15-30(29)47/h6-16,19-21,23,47H,17-18,22H2,1-5H3,(H2,39,40,48). The first-order chi connectivity index (χ1) is 24.5. The van der Waals surface area contributed by atoms with Crippen molar-refractivity contribution in [1.82, 2.24) is 34.6 Å². The highest BCUT2D eigenvalue weighted by molar-refractivity contribution is 7.99. The van der Waals surface area contributed by atoms with Gasteiger partial charge in [-0.1, -0.05) is 36.0 Å². The van der Waals surface area contributed by atoms with Crippen molar-refractivity contribution >= 4 is 41.0 Å². The molecule has 2 amide bonds. The number of nitrogens with zero attached hydrogens (tertiary/aromatic N) is 6. The van der Waals surface area contributed by atoms with Crippen LogP contribution in [0.2, 0.25) is 0 Å². The summed E-state index contributed by atoms with van der Waals surface area (Å²) in [6.07, 6.45) is 3.87. The van der Waals surface area contributed by atoms with Gasteiger partial charge in [0.2, 0.25) is 0 Å². The van der Waals surface area contributed by atoms with Gasteiger partial charge in [0.1, 0.15) is 29.7 Å². The van der Waals surface area contributed by atoms with E-state index in [1.54, 1.807) is 20.8 Å². The average molecular weight is 727 g/mol.